The summed E-state index contributed by atoms with van der Waals surface area (Å²) in [4.78, 5) is 0.109. The molecule has 0 aliphatic rings. The second kappa shape index (κ2) is 7.20. The number of nitrogens with zero attached hydrogens (tertiary/aromatic N) is 4. The number of alkyl halides is 3. The SMILES string of the molecule is Cc1nn(C)c(C)c1S(=O)(=O)NCCCn1nc(C(F)(F)F)c(Cl)c1C. The molecule has 0 aromatic carbocycles. The fraction of sp³-hybridized carbons (Fsp3) is 0.571. The highest BCUT2D eigenvalue weighted by atomic mass is 35.5. The highest BCUT2D eigenvalue weighted by molar-refractivity contribution is 7.89. The van der Waals surface area contributed by atoms with Crippen molar-refractivity contribution in [2.24, 2.45) is 7.05 Å². The van der Waals surface area contributed by atoms with Crippen LogP contribution in [0, 0.1) is 20.8 Å². The first-order valence-corrected chi connectivity index (χ1v) is 9.52. The molecule has 0 bridgehead atoms. The minimum Gasteiger partial charge on any atom is -0.271 e. The molecule has 7 nitrogen and oxygen atoms in total. The Morgan fingerprint density at radius 2 is 1.77 bits per heavy atom. The van der Waals surface area contributed by atoms with Crippen LogP contribution in [0.1, 0.15) is 29.2 Å². The van der Waals surface area contributed by atoms with Crippen LogP contribution in [0.15, 0.2) is 4.90 Å². The second-order valence-electron chi connectivity index (χ2n) is 5.84. The van der Waals surface area contributed by atoms with Gasteiger partial charge >= 0.3 is 6.18 Å². The zero-order chi connectivity index (χ0) is 19.9. The van der Waals surface area contributed by atoms with Gasteiger partial charge in [0.15, 0.2) is 5.69 Å². The second-order valence-corrected chi connectivity index (χ2v) is 7.93. The smallest absolute Gasteiger partial charge is 0.271 e. The maximum atomic E-state index is 12.8. The summed E-state index contributed by atoms with van der Waals surface area (Å²) in [6.45, 7) is 4.79. The fourth-order valence-electron chi connectivity index (χ4n) is 2.57. The van der Waals surface area contributed by atoms with E-state index in [-0.39, 0.29) is 30.1 Å². The van der Waals surface area contributed by atoms with Crippen molar-refractivity contribution in [2.75, 3.05) is 6.54 Å². The van der Waals surface area contributed by atoms with Crippen molar-refractivity contribution < 1.29 is 21.6 Å². The molecule has 12 heteroatoms. The molecule has 0 spiro atoms. The lowest BCUT2D eigenvalue weighted by atomic mass is 10.3. The van der Waals surface area contributed by atoms with Crippen LogP contribution in [0.25, 0.3) is 0 Å². The topological polar surface area (TPSA) is 81.8 Å². The van der Waals surface area contributed by atoms with Crippen LogP contribution in [-0.4, -0.2) is 34.5 Å². The highest BCUT2D eigenvalue weighted by Crippen LogP contribution is 2.35. The first-order valence-electron chi connectivity index (χ1n) is 7.66. The molecule has 146 valence electrons. The number of nitrogens with one attached hydrogen (secondary N) is 1. The Labute approximate surface area is 154 Å². The van der Waals surface area contributed by atoms with Gasteiger partial charge in [-0.15, -0.1) is 0 Å². The summed E-state index contributed by atoms with van der Waals surface area (Å²) >= 11 is 5.68. The van der Waals surface area contributed by atoms with Gasteiger partial charge in [0.2, 0.25) is 10.0 Å². The van der Waals surface area contributed by atoms with Crippen molar-refractivity contribution in [3.8, 4) is 0 Å². The molecule has 2 heterocycles. The summed E-state index contributed by atoms with van der Waals surface area (Å²) in [6.07, 6.45) is -4.39. The van der Waals surface area contributed by atoms with E-state index in [1.54, 1.807) is 20.9 Å². The van der Waals surface area contributed by atoms with Gasteiger partial charge in [-0.25, -0.2) is 13.1 Å². The molecule has 0 amide bonds. The minimum atomic E-state index is -4.63. The Bertz CT molecular complexity index is 918. The van der Waals surface area contributed by atoms with Crippen LogP contribution in [0.2, 0.25) is 5.02 Å². The number of halogens is 4. The van der Waals surface area contributed by atoms with Gasteiger partial charge in [-0.05, 0) is 27.2 Å². The monoisotopic (exact) mass is 413 g/mol. The largest absolute Gasteiger partial charge is 0.436 e. The number of sulfonamides is 1. The van der Waals surface area contributed by atoms with Gasteiger partial charge in [-0.3, -0.25) is 9.36 Å². The molecule has 1 N–H and O–H groups in total. The van der Waals surface area contributed by atoms with E-state index < -0.39 is 26.9 Å². The zero-order valence-corrected chi connectivity index (χ0v) is 16.2. The van der Waals surface area contributed by atoms with Gasteiger partial charge in [0.05, 0.1) is 22.1 Å². The van der Waals surface area contributed by atoms with E-state index in [0.29, 0.717) is 11.4 Å². The quantitative estimate of drug-likeness (QED) is 0.738. The maximum Gasteiger partial charge on any atom is 0.436 e. The van der Waals surface area contributed by atoms with E-state index in [9.17, 15) is 21.6 Å². The molecule has 0 saturated carbocycles. The van der Waals surface area contributed by atoms with E-state index in [4.69, 9.17) is 11.6 Å². The maximum absolute atomic E-state index is 12.8. The standard InChI is InChI=1S/C14H19ClF3N5O2S/c1-8-12(10(3)22(4)20-8)26(24,25)19-6-5-7-23-9(2)11(15)13(21-23)14(16,17)18/h19H,5-7H2,1-4H3. The molecule has 0 fully saturated rings. The summed E-state index contributed by atoms with van der Waals surface area (Å²) in [5.41, 5.74) is -0.0822. The molecule has 2 aromatic rings. The Balaban J connectivity index is 2.03. The van der Waals surface area contributed by atoms with Gasteiger partial charge < -0.3 is 0 Å². The first-order chi connectivity index (χ1) is 11.9. The molecule has 0 aliphatic heterocycles. The third-order valence-corrected chi connectivity index (χ3v) is 6.12. The van der Waals surface area contributed by atoms with Crippen LogP contribution < -0.4 is 4.72 Å². The number of rotatable bonds is 6. The molecule has 0 atom stereocenters. The molecular formula is C14H19ClF3N5O2S. The third kappa shape index (κ3) is 4.04. The number of aryl methyl sites for hydroxylation is 3. The van der Waals surface area contributed by atoms with Gasteiger partial charge in [-0.2, -0.15) is 23.4 Å². The summed E-state index contributed by atoms with van der Waals surface area (Å²) in [5.74, 6) is 0. The molecule has 0 unspecified atom stereocenters. The highest BCUT2D eigenvalue weighted by Gasteiger charge is 2.38. The molecule has 2 rings (SSSR count). The van der Waals surface area contributed by atoms with Crippen LogP contribution in [0.4, 0.5) is 13.2 Å². The van der Waals surface area contributed by atoms with Crippen LogP contribution in [-0.2, 0) is 29.8 Å². The normalized spacial score (nSPS) is 12.8. The lowest BCUT2D eigenvalue weighted by molar-refractivity contribution is -0.141. The van der Waals surface area contributed by atoms with E-state index in [0.717, 1.165) is 4.68 Å². The lowest BCUT2D eigenvalue weighted by Gasteiger charge is -2.08. The average Bonchev–Trinajstić information content (AvgIpc) is 2.93. The molecular weight excluding hydrogens is 395 g/mol. The minimum absolute atomic E-state index is 0.0361. The predicted molar refractivity (Wildman–Crippen MR) is 89.5 cm³/mol. The van der Waals surface area contributed by atoms with Crippen LogP contribution >= 0.6 is 11.6 Å². The Morgan fingerprint density at radius 3 is 2.23 bits per heavy atom. The van der Waals surface area contributed by atoms with Gasteiger partial charge in [0.25, 0.3) is 0 Å². The van der Waals surface area contributed by atoms with Crippen LogP contribution in [0.3, 0.4) is 0 Å². The number of aromatic nitrogens is 4. The first kappa shape index (κ1) is 20.7. The van der Waals surface area contributed by atoms with Crippen molar-refractivity contribution >= 4 is 21.6 Å². The van der Waals surface area contributed by atoms with Gasteiger partial charge in [0.1, 0.15) is 4.90 Å². The van der Waals surface area contributed by atoms with E-state index >= 15 is 0 Å². The number of hydrogen-bond donors (Lipinski definition) is 1. The summed E-state index contributed by atoms with van der Waals surface area (Å²) in [5, 5.41) is 7.09. The molecule has 26 heavy (non-hydrogen) atoms. The summed E-state index contributed by atoms with van der Waals surface area (Å²) in [6, 6.07) is 0. The molecule has 0 saturated heterocycles. The van der Waals surface area contributed by atoms with E-state index in [1.165, 1.54) is 11.6 Å². The van der Waals surface area contributed by atoms with Gasteiger partial charge in [-0.1, -0.05) is 11.6 Å². The number of hydrogen-bond acceptors (Lipinski definition) is 4. The Hall–Kier alpha value is -1.59. The Kier molecular flexibility index (Phi) is 5.74. The predicted octanol–water partition coefficient (Wildman–Crippen LogP) is 2.58. The van der Waals surface area contributed by atoms with E-state index in [2.05, 4.69) is 14.9 Å². The van der Waals surface area contributed by atoms with Crippen LogP contribution in [0.5, 0.6) is 0 Å². The fourth-order valence-corrected chi connectivity index (χ4v) is 4.32. The summed E-state index contributed by atoms with van der Waals surface area (Å²) in [7, 11) is -2.12. The van der Waals surface area contributed by atoms with E-state index in [1.807, 2.05) is 0 Å². The molecule has 0 radical (unpaired) electrons. The van der Waals surface area contributed by atoms with Crippen molar-refractivity contribution in [2.45, 2.75) is 44.8 Å². The molecule has 2 aromatic heterocycles. The third-order valence-electron chi connectivity index (χ3n) is 3.95. The summed E-state index contributed by atoms with van der Waals surface area (Å²) < 4.78 is 68.2. The molecule has 0 aliphatic carbocycles. The Morgan fingerprint density at radius 1 is 1.15 bits per heavy atom. The van der Waals surface area contributed by atoms with Crippen molar-refractivity contribution in [3.05, 3.63) is 27.8 Å². The average molecular weight is 414 g/mol. The lowest BCUT2D eigenvalue weighted by Crippen LogP contribution is -2.26. The van der Waals surface area contributed by atoms with Crippen molar-refractivity contribution in [1.29, 1.82) is 0 Å². The van der Waals surface area contributed by atoms with Crippen molar-refractivity contribution in [1.82, 2.24) is 24.3 Å². The van der Waals surface area contributed by atoms with Crippen molar-refractivity contribution in [3.63, 3.8) is 0 Å². The zero-order valence-electron chi connectivity index (χ0n) is 14.6. The van der Waals surface area contributed by atoms with Gasteiger partial charge in [0, 0.05) is 20.1 Å².